The van der Waals surface area contributed by atoms with Crippen LogP contribution in [0.4, 0.5) is 4.39 Å². The van der Waals surface area contributed by atoms with Crippen molar-refractivity contribution in [1.29, 1.82) is 5.26 Å². The van der Waals surface area contributed by atoms with Gasteiger partial charge < -0.3 is 5.32 Å². The topological polar surface area (TPSA) is 52.9 Å². The lowest BCUT2D eigenvalue weighted by Gasteiger charge is -2.04. The van der Waals surface area contributed by atoms with Gasteiger partial charge in [0.15, 0.2) is 0 Å². The average molecular weight is 213 g/mol. The van der Waals surface area contributed by atoms with Gasteiger partial charge in [-0.3, -0.25) is 4.79 Å². The molecule has 0 aliphatic carbocycles. The lowest BCUT2D eigenvalue weighted by Crippen LogP contribution is -2.11. The molecule has 1 aromatic carbocycles. The summed E-state index contributed by atoms with van der Waals surface area (Å²) >= 11 is 5.53. The first kappa shape index (κ1) is 10.5. The number of carbonyl (C=O) groups excluding carboxylic acids is 1. The number of nitrogens with one attached hydrogen (secondary N) is 1. The van der Waals surface area contributed by atoms with E-state index in [4.69, 9.17) is 16.9 Å². The van der Waals surface area contributed by atoms with Crippen LogP contribution in [-0.2, 0) is 11.3 Å². The van der Waals surface area contributed by atoms with Crippen LogP contribution < -0.4 is 5.32 Å². The molecule has 0 saturated heterocycles. The SMILES string of the molecule is N#Cc1cc(Cl)c(F)c(CNC=O)c1. The maximum Gasteiger partial charge on any atom is 0.207 e. The molecule has 0 saturated carbocycles. The second kappa shape index (κ2) is 4.58. The van der Waals surface area contributed by atoms with Crippen LogP contribution in [-0.4, -0.2) is 6.41 Å². The van der Waals surface area contributed by atoms with E-state index in [1.54, 1.807) is 0 Å². The first-order valence-electron chi connectivity index (χ1n) is 3.74. The summed E-state index contributed by atoms with van der Waals surface area (Å²) in [6.45, 7) is 0.0184. The van der Waals surface area contributed by atoms with E-state index < -0.39 is 5.82 Å². The minimum atomic E-state index is -0.611. The average Bonchev–Trinajstić information content (AvgIpc) is 2.20. The van der Waals surface area contributed by atoms with E-state index in [2.05, 4.69) is 5.32 Å². The molecule has 0 aliphatic rings. The Morgan fingerprint density at radius 1 is 1.64 bits per heavy atom. The monoisotopic (exact) mass is 212 g/mol. The van der Waals surface area contributed by atoms with Crippen LogP contribution in [0.3, 0.4) is 0 Å². The van der Waals surface area contributed by atoms with Crippen LogP contribution in [0.5, 0.6) is 0 Å². The van der Waals surface area contributed by atoms with Crippen LogP contribution in [0.25, 0.3) is 0 Å². The van der Waals surface area contributed by atoms with E-state index in [1.165, 1.54) is 12.1 Å². The molecular weight excluding hydrogens is 207 g/mol. The summed E-state index contributed by atoms with van der Waals surface area (Å²) in [6.07, 6.45) is 0.451. The van der Waals surface area contributed by atoms with Crippen LogP contribution >= 0.6 is 11.6 Å². The minimum absolute atomic E-state index is 0.0184. The van der Waals surface area contributed by atoms with Crippen LogP contribution in [0.15, 0.2) is 12.1 Å². The molecule has 0 spiro atoms. The highest BCUT2D eigenvalue weighted by Gasteiger charge is 2.08. The Hall–Kier alpha value is -1.60. The number of rotatable bonds is 3. The number of nitrogens with zero attached hydrogens (tertiary/aromatic N) is 1. The van der Waals surface area contributed by atoms with Gasteiger partial charge in [0, 0.05) is 12.1 Å². The highest BCUT2D eigenvalue weighted by Crippen LogP contribution is 2.20. The molecule has 0 heterocycles. The Labute approximate surface area is 85.1 Å². The molecule has 3 nitrogen and oxygen atoms in total. The largest absolute Gasteiger partial charge is 0.354 e. The molecule has 1 amide bonds. The fourth-order valence-corrected chi connectivity index (χ4v) is 1.23. The number of nitriles is 1. The highest BCUT2D eigenvalue weighted by molar-refractivity contribution is 6.30. The Morgan fingerprint density at radius 2 is 2.36 bits per heavy atom. The van der Waals surface area contributed by atoms with Crippen molar-refractivity contribution in [3.8, 4) is 6.07 Å². The molecule has 0 aliphatic heterocycles. The quantitative estimate of drug-likeness (QED) is 0.774. The molecular formula is C9H6ClFN2O. The van der Waals surface area contributed by atoms with E-state index in [-0.39, 0.29) is 22.7 Å². The Bertz CT molecular complexity index is 401. The van der Waals surface area contributed by atoms with Crippen molar-refractivity contribution in [2.24, 2.45) is 0 Å². The maximum atomic E-state index is 13.2. The van der Waals surface area contributed by atoms with E-state index in [0.717, 1.165) is 0 Å². The molecule has 5 heteroatoms. The summed E-state index contributed by atoms with van der Waals surface area (Å²) in [5.41, 5.74) is 0.459. The summed E-state index contributed by atoms with van der Waals surface area (Å²) in [4.78, 5) is 10.00. The Morgan fingerprint density at radius 3 is 2.93 bits per heavy atom. The van der Waals surface area contributed by atoms with Crippen molar-refractivity contribution in [3.63, 3.8) is 0 Å². The van der Waals surface area contributed by atoms with Crippen molar-refractivity contribution >= 4 is 18.0 Å². The molecule has 0 atom stereocenters. The molecule has 0 radical (unpaired) electrons. The molecule has 0 bridgehead atoms. The number of amides is 1. The van der Waals surface area contributed by atoms with Gasteiger partial charge >= 0.3 is 0 Å². The third-order valence-corrected chi connectivity index (χ3v) is 1.88. The summed E-state index contributed by atoms with van der Waals surface area (Å²) in [5, 5.41) is 10.8. The van der Waals surface area contributed by atoms with Gasteiger partial charge in [0.25, 0.3) is 0 Å². The van der Waals surface area contributed by atoms with Crippen molar-refractivity contribution < 1.29 is 9.18 Å². The summed E-state index contributed by atoms with van der Waals surface area (Å²) in [5.74, 6) is -0.611. The third kappa shape index (κ3) is 2.21. The number of halogens is 2. The molecule has 0 fully saturated rings. The van der Waals surface area contributed by atoms with Gasteiger partial charge in [-0.1, -0.05) is 11.6 Å². The number of hydrogen-bond donors (Lipinski definition) is 1. The summed E-state index contributed by atoms with van der Waals surface area (Å²) in [7, 11) is 0. The molecule has 1 aromatic rings. The van der Waals surface area contributed by atoms with Gasteiger partial charge in [-0.05, 0) is 12.1 Å². The summed E-state index contributed by atoms with van der Waals surface area (Å²) in [6, 6.07) is 4.43. The second-order valence-electron chi connectivity index (χ2n) is 2.54. The van der Waals surface area contributed by atoms with E-state index in [1.807, 2.05) is 6.07 Å². The van der Waals surface area contributed by atoms with Crippen molar-refractivity contribution in [2.75, 3.05) is 0 Å². The molecule has 0 unspecified atom stereocenters. The zero-order valence-corrected chi connectivity index (χ0v) is 7.81. The van der Waals surface area contributed by atoms with Crippen molar-refractivity contribution in [3.05, 3.63) is 34.1 Å². The van der Waals surface area contributed by atoms with E-state index in [0.29, 0.717) is 6.41 Å². The third-order valence-electron chi connectivity index (χ3n) is 1.61. The zero-order chi connectivity index (χ0) is 10.6. The van der Waals surface area contributed by atoms with Gasteiger partial charge in [0.05, 0.1) is 16.7 Å². The first-order valence-corrected chi connectivity index (χ1v) is 4.12. The lowest BCUT2D eigenvalue weighted by molar-refractivity contribution is -0.109. The normalized spacial score (nSPS) is 9.21. The number of carbonyl (C=O) groups is 1. The smallest absolute Gasteiger partial charge is 0.207 e. The predicted molar refractivity (Wildman–Crippen MR) is 49.0 cm³/mol. The van der Waals surface area contributed by atoms with Gasteiger partial charge in [0.2, 0.25) is 6.41 Å². The first-order chi connectivity index (χ1) is 6.69. The van der Waals surface area contributed by atoms with Crippen LogP contribution in [0.1, 0.15) is 11.1 Å². The van der Waals surface area contributed by atoms with Crippen molar-refractivity contribution in [1.82, 2.24) is 5.32 Å². The van der Waals surface area contributed by atoms with Crippen LogP contribution in [0.2, 0.25) is 5.02 Å². The molecule has 72 valence electrons. The maximum absolute atomic E-state index is 13.2. The fraction of sp³-hybridized carbons (Fsp3) is 0.111. The highest BCUT2D eigenvalue weighted by atomic mass is 35.5. The molecule has 0 aromatic heterocycles. The van der Waals surface area contributed by atoms with Crippen molar-refractivity contribution in [2.45, 2.75) is 6.54 Å². The zero-order valence-electron chi connectivity index (χ0n) is 7.05. The standard InChI is InChI=1S/C9H6ClFN2O/c10-8-2-6(3-12)1-7(9(8)11)4-13-5-14/h1-2,5H,4H2,(H,13,14). The molecule has 1 rings (SSSR count). The lowest BCUT2D eigenvalue weighted by atomic mass is 10.1. The number of benzene rings is 1. The van der Waals surface area contributed by atoms with E-state index in [9.17, 15) is 9.18 Å². The molecule has 14 heavy (non-hydrogen) atoms. The van der Waals surface area contributed by atoms with Gasteiger partial charge in [-0.15, -0.1) is 0 Å². The minimum Gasteiger partial charge on any atom is -0.354 e. The summed E-state index contributed by atoms with van der Waals surface area (Å²) < 4.78 is 13.2. The number of hydrogen-bond acceptors (Lipinski definition) is 2. The second-order valence-corrected chi connectivity index (χ2v) is 2.95. The molecule has 1 N–H and O–H groups in total. The van der Waals surface area contributed by atoms with Crippen LogP contribution in [0, 0.1) is 17.1 Å². The Balaban J connectivity index is 3.08. The van der Waals surface area contributed by atoms with Gasteiger partial charge in [0.1, 0.15) is 5.82 Å². The van der Waals surface area contributed by atoms with Gasteiger partial charge in [-0.25, -0.2) is 4.39 Å². The Kier molecular flexibility index (Phi) is 3.43. The fourth-order valence-electron chi connectivity index (χ4n) is 0.991. The van der Waals surface area contributed by atoms with E-state index >= 15 is 0 Å². The van der Waals surface area contributed by atoms with Gasteiger partial charge in [-0.2, -0.15) is 5.26 Å². The predicted octanol–water partition coefficient (Wildman–Crippen LogP) is 1.60.